The smallest absolute Gasteiger partial charge is 0.351 e. The molecule has 0 bridgehead atoms. The predicted molar refractivity (Wildman–Crippen MR) is 105 cm³/mol. The maximum Gasteiger partial charge on any atom is 0.351 e. The van der Waals surface area contributed by atoms with Gasteiger partial charge in [-0.2, -0.15) is 4.98 Å². The highest BCUT2D eigenvalue weighted by Gasteiger charge is 2.52. The minimum absolute atomic E-state index is 0.0352. The number of nitrogen functional groups attached to an aromatic ring is 1. The van der Waals surface area contributed by atoms with Crippen molar-refractivity contribution in [3.8, 4) is 0 Å². The minimum atomic E-state index is -0.543. The van der Waals surface area contributed by atoms with Crippen LogP contribution in [0.25, 0.3) is 0 Å². The van der Waals surface area contributed by atoms with E-state index in [9.17, 15) is 4.79 Å². The van der Waals surface area contributed by atoms with E-state index in [1.54, 1.807) is 19.4 Å². The molecule has 2 rings (SSSR count). The fraction of sp³-hybridized carbons (Fsp3) is 0.800. The number of rotatable bonds is 6. The number of nitrogens with two attached hydrogens (primary N) is 1. The number of ether oxygens (including phenoxy) is 3. The molecule has 0 spiro atoms. The van der Waals surface area contributed by atoms with E-state index in [1.807, 2.05) is 0 Å². The third kappa shape index (κ3) is 5.53. The van der Waals surface area contributed by atoms with Crippen molar-refractivity contribution in [1.29, 1.82) is 0 Å². The Hall–Kier alpha value is -1.44. The Morgan fingerprint density at radius 2 is 1.89 bits per heavy atom. The normalized spacial score (nSPS) is 26.5. The Morgan fingerprint density at radius 3 is 2.41 bits per heavy atom. The average Bonchev–Trinajstić information content (AvgIpc) is 2.83. The van der Waals surface area contributed by atoms with E-state index in [4.69, 9.17) is 19.9 Å². The summed E-state index contributed by atoms with van der Waals surface area (Å²) in [5.41, 5.74) is 5.25. The van der Waals surface area contributed by atoms with Crippen LogP contribution in [0.4, 0.5) is 5.82 Å². The van der Waals surface area contributed by atoms with Crippen LogP contribution in [-0.2, 0) is 14.2 Å². The van der Waals surface area contributed by atoms with Crippen molar-refractivity contribution in [3.63, 3.8) is 0 Å². The first-order valence-corrected chi connectivity index (χ1v) is 9.55. The van der Waals surface area contributed by atoms with Crippen molar-refractivity contribution < 1.29 is 14.2 Å². The largest absolute Gasteiger partial charge is 0.383 e. The Morgan fingerprint density at radius 1 is 1.22 bits per heavy atom. The van der Waals surface area contributed by atoms with Crippen LogP contribution < -0.4 is 11.4 Å². The third-order valence-corrected chi connectivity index (χ3v) is 4.89. The first-order chi connectivity index (χ1) is 12.4. The van der Waals surface area contributed by atoms with Gasteiger partial charge in [-0.05, 0) is 23.3 Å². The van der Waals surface area contributed by atoms with Gasteiger partial charge in [0.2, 0.25) is 0 Å². The highest BCUT2D eigenvalue weighted by molar-refractivity contribution is 5.23. The molecule has 0 amide bonds. The Kier molecular flexibility index (Phi) is 6.71. The quantitative estimate of drug-likeness (QED) is 0.762. The predicted octanol–water partition coefficient (Wildman–Crippen LogP) is 2.85. The molecule has 1 fully saturated rings. The molecule has 0 radical (unpaired) electrons. The average molecular weight is 382 g/mol. The van der Waals surface area contributed by atoms with E-state index in [0.717, 1.165) is 6.42 Å². The monoisotopic (exact) mass is 381 g/mol. The van der Waals surface area contributed by atoms with Gasteiger partial charge in [0.1, 0.15) is 11.9 Å². The SMILES string of the molecule is COCCOC1[C@H](n2ccc(N)nc2=O)O[C@H](CC(C)(C)C)[C@@H]1C(C)(C)C. The molecule has 27 heavy (non-hydrogen) atoms. The van der Waals surface area contributed by atoms with E-state index in [2.05, 4.69) is 46.5 Å². The molecule has 1 aliphatic rings. The van der Waals surface area contributed by atoms with Crippen LogP contribution in [-0.4, -0.2) is 42.1 Å². The Balaban J connectivity index is 2.44. The summed E-state index contributed by atoms with van der Waals surface area (Å²) in [6.45, 7) is 14.1. The summed E-state index contributed by atoms with van der Waals surface area (Å²) < 4.78 is 19.3. The maximum absolute atomic E-state index is 12.5. The zero-order valence-corrected chi connectivity index (χ0v) is 17.7. The summed E-state index contributed by atoms with van der Waals surface area (Å²) in [5, 5.41) is 0. The standard InChI is InChI=1S/C20H35N3O4/c1-19(2,3)12-13-15(20(4,5)6)16(26-11-10-25-7)17(27-13)23-9-8-14(21)22-18(23)24/h8-9,13,15-17H,10-12H2,1-7H3,(H2,21,22,24)/t13-,15+,16?,17-/m1/s1. The van der Waals surface area contributed by atoms with Crippen LogP contribution in [0.3, 0.4) is 0 Å². The van der Waals surface area contributed by atoms with Gasteiger partial charge in [-0.15, -0.1) is 0 Å². The zero-order valence-electron chi connectivity index (χ0n) is 17.7. The van der Waals surface area contributed by atoms with Crippen LogP contribution in [0.1, 0.15) is 54.2 Å². The molecule has 154 valence electrons. The second kappa shape index (κ2) is 8.29. The fourth-order valence-electron chi connectivity index (χ4n) is 3.86. The molecule has 0 aliphatic carbocycles. The van der Waals surface area contributed by atoms with Gasteiger partial charge in [0.05, 0.1) is 19.3 Å². The Labute approximate surface area is 162 Å². The molecule has 4 atom stereocenters. The molecule has 1 unspecified atom stereocenters. The topological polar surface area (TPSA) is 88.6 Å². The fourth-order valence-corrected chi connectivity index (χ4v) is 3.86. The first kappa shape index (κ1) is 21.9. The molecular weight excluding hydrogens is 346 g/mol. The summed E-state index contributed by atoms with van der Waals surface area (Å²) in [7, 11) is 1.64. The molecule has 0 saturated carbocycles. The van der Waals surface area contributed by atoms with Crippen LogP contribution in [0.15, 0.2) is 17.1 Å². The van der Waals surface area contributed by atoms with E-state index in [0.29, 0.717) is 13.2 Å². The van der Waals surface area contributed by atoms with Gasteiger partial charge >= 0.3 is 5.69 Å². The molecule has 7 heteroatoms. The number of anilines is 1. The number of hydrogen-bond donors (Lipinski definition) is 1. The molecule has 1 aliphatic heterocycles. The number of aromatic nitrogens is 2. The number of hydrogen-bond acceptors (Lipinski definition) is 6. The third-order valence-electron chi connectivity index (χ3n) is 4.89. The van der Waals surface area contributed by atoms with Gasteiger partial charge in [0.15, 0.2) is 6.23 Å². The molecule has 1 aromatic heterocycles. The van der Waals surface area contributed by atoms with Crippen molar-refractivity contribution in [3.05, 3.63) is 22.7 Å². The van der Waals surface area contributed by atoms with Gasteiger partial charge in [0, 0.05) is 19.2 Å². The van der Waals surface area contributed by atoms with Gasteiger partial charge in [-0.3, -0.25) is 4.57 Å². The molecule has 1 aromatic rings. The highest BCUT2D eigenvalue weighted by atomic mass is 16.6. The number of nitrogens with zero attached hydrogens (tertiary/aromatic N) is 2. The summed E-state index contributed by atoms with van der Waals surface area (Å²) >= 11 is 0. The van der Waals surface area contributed by atoms with E-state index >= 15 is 0 Å². The van der Waals surface area contributed by atoms with Crippen LogP contribution in [0.5, 0.6) is 0 Å². The molecule has 2 heterocycles. The van der Waals surface area contributed by atoms with Crippen molar-refractivity contribution in [1.82, 2.24) is 9.55 Å². The second-order valence-corrected chi connectivity index (χ2v) is 9.59. The van der Waals surface area contributed by atoms with Crippen LogP contribution in [0.2, 0.25) is 0 Å². The van der Waals surface area contributed by atoms with Crippen molar-refractivity contribution in [2.45, 2.75) is 66.4 Å². The lowest BCUT2D eigenvalue weighted by Gasteiger charge is -2.37. The summed E-state index contributed by atoms with van der Waals surface area (Å²) in [6, 6.07) is 1.61. The van der Waals surface area contributed by atoms with Crippen LogP contribution in [0, 0.1) is 16.7 Å². The molecular formula is C20H35N3O4. The van der Waals surface area contributed by atoms with Crippen molar-refractivity contribution >= 4 is 5.82 Å². The van der Waals surface area contributed by atoms with E-state index in [1.165, 1.54) is 4.57 Å². The Bertz CT molecular complexity index is 675. The number of methoxy groups -OCH3 is 1. The lowest BCUT2D eigenvalue weighted by molar-refractivity contribution is -0.0800. The molecule has 2 N–H and O–H groups in total. The molecule has 0 aromatic carbocycles. The molecule has 7 nitrogen and oxygen atoms in total. The zero-order chi connectivity index (χ0) is 20.4. The van der Waals surface area contributed by atoms with Crippen LogP contribution >= 0.6 is 0 Å². The van der Waals surface area contributed by atoms with Gasteiger partial charge in [0.25, 0.3) is 0 Å². The highest BCUT2D eigenvalue weighted by Crippen LogP contribution is 2.48. The minimum Gasteiger partial charge on any atom is -0.383 e. The second-order valence-electron chi connectivity index (χ2n) is 9.59. The maximum atomic E-state index is 12.5. The van der Waals surface area contributed by atoms with Gasteiger partial charge < -0.3 is 19.9 Å². The van der Waals surface area contributed by atoms with Gasteiger partial charge in [-0.25, -0.2) is 4.79 Å². The van der Waals surface area contributed by atoms with Crippen molar-refractivity contribution in [2.75, 3.05) is 26.1 Å². The lowest BCUT2D eigenvalue weighted by Crippen LogP contribution is -2.41. The summed E-state index contributed by atoms with van der Waals surface area (Å²) in [4.78, 5) is 16.3. The lowest BCUT2D eigenvalue weighted by atomic mass is 9.71. The summed E-state index contributed by atoms with van der Waals surface area (Å²) in [6.07, 6.45) is 1.65. The summed E-state index contributed by atoms with van der Waals surface area (Å²) in [5.74, 6) is 0.313. The molecule has 1 saturated heterocycles. The van der Waals surface area contributed by atoms with Gasteiger partial charge in [-0.1, -0.05) is 41.5 Å². The van der Waals surface area contributed by atoms with E-state index in [-0.39, 0.29) is 34.8 Å². The van der Waals surface area contributed by atoms with E-state index < -0.39 is 11.9 Å². The van der Waals surface area contributed by atoms with Crippen molar-refractivity contribution in [2.24, 2.45) is 16.7 Å². The first-order valence-electron chi connectivity index (χ1n) is 9.55.